The second-order valence-electron chi connectivity index (χ2n) is 7.91. The molecule has 2 aliphatic rings. The molecule has 2 aromatic carbocycles. The summed E-state index contributed by atoms with van der Waals surface area (Å²) in [6.45, 7) is 4.67. The van der Waals surface area contributed by atoms with Crippen LogP contribution in [-0.2, 0) is 16.6 Å². The van der Waals surface area contributed by atoms with Crippen LogP contribution in [0.1, 0.15) is 42.1 Å². The van der Waals surface area contributed by atoms with Crippen molar-refractivity contribution in [3.05, 3.63) is 52.5 Å². The number of sulfonamides is 1. The number of halogens is 1. The zero-order valence-electron chi connectivity index (χ0n) is 18.0. The van der Waals surface area contributed by atoms with E-state index in [1.54, 1.807) is 11.0 Å². The molecule has 2 aliphatic heterocycles. The molecule has 0 unspecified atom stereocenters. The van der Waals surface area contributed by atoms with E-state index in [1.807, 2.05) is 25.1 Å². The molecule has 0 bridgehead atoms. The van der Waals surface area contributed by atoms with E-state index < -0.39 is 10.0 Å². The first-order chi connectivity index (χ1) is 15.4. The van der Waals surface area contributed by atoms with Crippen LogP contribution in [0.2, 0.25) is 5.02 Å². The number of carbonyl (C=O) groups is 1. The lowest BCUT2D eigenvalue weighted by Gasteiger charge is -2.27. The van der Waals surface area contributed by atoms with E-state index in [0.717, 1.165) is 24.8 Å². The lowest BCUT2D eigenvalue weighted by atomic mass is 10.1. The number of carbonyl (C=O) groups excluding carboxylic acids is 1. The highest BCUT2D eigenvalue weighted by molar-refractivity contribution is 7.89. The monoisotopic (exact) mass is 478 g/mol. The van der Waals surface area contributed by atoms with Gasteiger partial charge in [0, 0.05) is 31.7 Å². The molecule has 7 nitrogen and oxygen atoms in total. The quantitative estimate of drug-likeness (QED) is 0.628. The summed E-state index contributed by atoms with van der Waals surface area (Å²) in [5.41, 5.74) is 1.20. The van der Waals surface area contributed by atoms with Crippen LogP contribution >= 0.6 is 11.6 Å². The number of amides is 1. The topological polar surface area (TPSA) is 76.1 Å². The number of hydrogen-bond acceptors (Lipinski definition) is 5. The molecule has 2 aromatic rings. The Bertz CT molecular complexity index is 1100. The molecular formula is C23H27ClN2O5S. The molecule has 0 aromatic heterocycles. The van der Waals surface area contributed by atoms with Crippen LogP contribution in [-0.4, -0.2) is 56.4 Å². The predicted octanol–water partition coefficient (Wildman–Crippen LogP) is 3.95. The zero-order valence-corrected chi connectivity index (χ0v) is 19.6. The highest BCUT2D eigenvalue weighted by atomic mass is 35.5. The van der Waals surface area contributed by atoms with Gasteiger partial charge in [0.25, 0.3) is 5.91 Å². The second-order valence-corrected chi connectivity index (χ2v) is 10.2. The van der Waals surface area contributed by atoms with E-state index in [2.05, 4.69) is 0 Å². The van der Waals surface area contributed by atoms with Crippen molar-refractivity contribution in [3.8, 4) is 11.5 Å². The highest BCUT2D eigenvalue weighted by Crippen LogP contribution is 2.32. The van der Waals surface area contributed by atoms with Crippen molar-refractivity contribution in [2.24, 2.45) is 0 Å². The van der Waals surface area contributed by atoms with Gasteiger partial charge in [-0.15, -0.1) is 0 Å². The molecule has 4 rings (SSSR count). The number of hydrogen-bond donors (Lipinski definition) is 0. The van der Waals surface area contributed by atoms with Gasteiger partial charge in [0.15, 0.2) is 11.5 Å². The van der Waals surface area contributed by atoms with E-state index in [0.29, 0.717) is 56.5 Å². The normalized spacial score (nSPS) is 16.6. The third kappa shape index (κ3) is 4.72. The molecule has 172 valence electrons. The van der Waals surface area contributed by atoms with Gasteiger partial charge >= 0.3 is 0 Å². The minimum Gasteiger partial charge on any atom is -0.486 e. The van der Waals surface area contributed by atoms with Crippen LogP contribution < -0.4 is 9.47 Å². The van der Waals surface area contributed by atoms with Crippen LogP contribution in [0.5, 0.6) is 11.5 Å². The summed E-state index contributed by atoms with van der Waals surface area (Å²) < 4.78 is 38.9. The van der Waals surface area contributed by atoms with E-state index in [1.165, 1.54) is 16.4 Å². The van der Waals surface area contributed by atoms with Crippen molar-refractivity contribution in [1.82, 2.24) is 9.21 Å². The Morgan fingerprint density at radius 3 is 2.47 bits per heavy atom. The van der Waals surface area contributed by atoms with Crippen molar-refractivity contribution in [2.75, 3.05) is 32.8 Å². The molecule has 0 atom stereocenters. The van der Waals surface area contributed by atoms with Crippen molar-refractivity contribution in [1.29, 1.82) is 0 Å². The molecule has 0 radical (unpaired) electrons. The van der Waals surface area contributed by atoms with Crippen LogP contribution in [0.4, 0.5) is 0 Å². The summed E-state index contributed by atoms with van der Waals surface area (Å²) in [5.74, 6) is 1.10. The summed E-state index contributed by atoms with van der Waals surface area (Å²) in [5, 5.41) is 0.127. The first-order valence-corrected chi connectivity index (χ1v) is 12.7. The number of ether oxygens (including phenoxy) is 2. The Morgan fingerprint density at radius 1 is 1.03 bits per heavy atom. The van der Waals surface area contributed by atoms with Gasteiger partial charge < -0.3 is 14.4 Å². The summed E-state index contributed by atoms with van der Waals surface area (Å²) in [6, 6.07) is 10.1. The van der Waals surface area contributed by atoms with Gasteiger partial charge in [0.05, 0.1) is 5.02 Å². The third-order valence-corrected chi connectivity index (χ3v) is 8.14. The van der Waals surface area contributed by atoms with Gasteiger partial charge in [-0.25, -0.2) is 8.42 Å². The smallest absolute Gasteiger partial charge is 0.254 e. The molecule has 1 saturated heterocycles. The maximum Gasteiger partial charge on any atom is 0.254 e. The first-order valence-electron chi connectivity index (χ1n) is 10.9. The lowest BCUT2D eigenvalue weighted by molar-refractivity contribution is 0.0752. The number of benzene rings is 2. The van der Waals surface area contributed by atoms with E-state index in [9.17, 15) is 13.2 Å². The summed E-state index contributed by atoms with van der Waals surface area (Å²) in [6.07, 6.45) is 2.67. The van der Waals surface area contributed by atoms with Gasteiger partial charge in [-0.1, -0.05) is 24.1 Å². The minimum atomic E-state index is -3.75. The van der Waals surface area contributed by atoms with Crippen LogP contribution in [0.3, 0.4) is 0 Å². The van der Waals surface area contributed by atoms with Crippen LogP contribution in [0.15, 0.2) is 41.3 Å². The van der Waals surface area contributed by atoms with Crippen LogP contribution in [0.25, 0.3) is 0 Å². The third-order valence-electron chi connectivity index (χ3n) is 5.76. The van der Waals surface area contributed by atoms with E-state index in [4.69, 9.17) is 21.1 Å². The summed E-state index contributed by atoms with van der Waals surface area (Å²) >= 11 is 6.26. The van der Waals surface area contributed by atoms with Crippen molar-refractivity contribution < 1.29 is 22.7 Å². The highest BCUT2D eigenvalue weighted by Gasteiger charge is 2.29. The number of nitrogens with zero attached hydrogens (tertiary/aromatic N) is 2. The molecule has 0 saturated carbocycles. The molecule has 0 spiro atoms. The van der Waals surface area contributed by atoms with Gasteiger partial charge in [-0.2, -0.15) is 4.31 Å². The fourth-order valence-electron chi connectivity index (χ4n) is 3.99. The SMILES string of the molecule is CCN(Cc1ccc2c(c1)OCCO2)C(=O)c1ccc(Cl)c(S(=O)(=O)N2CCCCC2)c1. The van der Waals surface area contributed by atoms with E-state index >= 15 is 0 Å². The lowest BCUT2D eigenvalue weighted by Crippen LogP contribution is -2.36. The number of rotatable bonds is 6. The Hall–Kier alpha value is -2.29. The second kappa shape index (κ2) is 9.68. The Balaban J connectivity index is 1.57. The Labute approximate surface area is 193 Å². The van der Waals surface area contributed by atoms with Gasteiger partial charge in [-0.3, -0.25) is 4.79 Å². The standard InChI is InChI=1S/C23H27ClN2O5S/c1-2-25(16-17-6-9-20-21(14-17)31-13-12-30-20)23(27)18-7-8-19(24)22(15-18)32(28,29)26-10-4-3-5-11-26/h6-9,14-15H,2-5,10-13,16H2,1H3. The fraction of sp³-hybridized carbons (Fsp3) is 0.435. The first kappa shape index (κ1) is 22.9. The zero-order chi connectivity index (χ0) is 22.7. The molecule has 32 heavy (non-hydrogen) atoms. The molecular weight excluding hydrogens is 452 g/mol. The number of fused-ring (bicyclic) bond motifs is 1. The molecule has 9 heteroatoms. The Kier molecular flexibility index (Phi) is 6.93. The minimum absolute atomic E-state index is 0.0118. The fourth-order valence-corrected chi connectivity index (χ4v) is 6.01. The average molecular weight is 479 g/mol. The number of piperidine rings is 1. The molecule has 1 amide bonds. The summed E-state index contributed by atoms with van der Waals surface area (Å²) in [7, 11) is -3.75. The largest absolute Gasteiger partial charge is 0.486 e. The molecule has 0 N–H and O–H groups in total. The maximum atomic E-state index is 13.3. The Morgan fingerprint density at radius 2 is 1.75 bits per heavy atom. The van der Waals surface area contributed by atoms with Crippen molar-refractivity contribution in [3.63, 3.8) is 0 Å². The van der Waals surface area contributed by atoms with Gasteiger partial charge in [-0.05, 0) is 55.7 Å². The maximum absolute atomic E-state index is 13.3. The average Bonchev–Trinajstić information content (AvgIpc) is 2.82. The van der Waals surface area contributed by atoms with E-state index in [-0.39, 0.29) is 15.8 Å². The van der Waals surface area contributed by atoms with Crippen LogP contribution in [0, 0.1) is 0 Å². The predicted molar refractivity (Wildman–Crippen MR) is 122 cm³/mol. The van der Waals surface area contributed by atoms with Crippen molar-refractivity contribution >= 4 is 27.5 Å². The van der Waals surface area contributed by atoms with Crippen molar-refractivity contribution in [2.45, 2.75) is 37.6 Å². The van der Waals surface area contributed by atoms with Gasteiger partial charge in [0.1, 0.15) is 18.1 Å². The molecule has 2 heterocycles. The molecule has 1 fully saturated rings. The summed E-state index contributed by atoms with van der Waals surface area (Å²) in [4.78, 5) is 14.9. The van der Waals surface area contributed by atoms with Gasteiger partial charge in [0.2, 0.25) is 10.0 Å². The molecule has 0 aliphatic carbocycles.